The summed E-state index contributed by atoms with van der Waals surface area (Å²) >= 11 is 0. The summed E-state index contributed by atoms with van der Waals surface area (Å²) in [6, 6.07) is 0. The molecule has 1 rings (SSSR count). The number of hydrogen-bond donors (Lipinski definition) is 1. The summed E-state index contributed by atoms with van der Waals surface area (Å²) in [5.41, 5.74) is 0. The van der Waals surface area contributed by atoms with E-state index in [9.17, 15) is 8.78 Å². The molecule has 11 heavy (non-hydrogen) atoms. The van der Waals surface area contributed by atoms with E-state index >= 15 is 0 Å². The molecule has 1 aliphatic rings. The minimum absolute atomic E-state index is 0.0833. The first-order chi connectivity index (χ1) is 5.14. The molecule has 0 aliphatic heterocycles. The molecule has 3 heteroatoms. The molecule has 0 spiro atoms. The van der Waals surface area contributed by atoms with Crippen LogP contribution in [0.3, 0.4) is 0 Å². The molecule has 1 aliphatic carbocycles. The van der Waals surface area contributed by atoms with Crippen LogP contribution in [0.2, 0.25) is 0 Å². The molecule has 0 radical (unpaired) electrons. The quantitative estimate of drug-likeness (QED) is 0.671. The lowest BCUT2D eigenvalue weighted by molar-refractivity contribution is 0.00511. The van der Waals surface area contributed by atoms with Gasteiger partial charge in [-0.15, -0.1) is 0 Å². The van der Waals surface area contributed by atoms with E-state index < -0.39 is 5.92 Å². The van der Waals surface area contributed by atoms with Gasteiger partial charge in [0.25, 0.3) is 0 Å². The van der Waals surface area contributed by atoms with Gasteiger partial charge in [0.1, 0.15) is 0 Å². The van der Waals surface area contributed by atoms with Crippen molar-refractivity contribution >= 4 is 0 Å². The van der Waals surface area contributed by atoms with Gasteiger partial charge in [0.05, 0.1) is 0 Å². The average molecular weight is 163 g/mol. The Hall–Kier alpha value is -0.180. The van der Waals surface area contributed by atoms with Gasteiger partial charge >= 0.3 is 0 Å². The molecule has 66 valence electrons. The predicted molar refractivity (Wildman–Crippen MR) is 40.8 cm³/mol. The molecule has 0 bridgehead atoms. The fourth-order valence-electron chi connectivity index (χ4n) is 1.56. The van der Waals surface area contributed by atoms with Crippen LogP contribution < -0.4 is 5.32 Å². The second-order valence-electron chi connectivity index (χ2n) is 3.27. The minimum atomic E-state index is -2.37. The summed E-state index contributed by atoms with van der Waals surface area (Å²) in [7, 11) is 0. The van der Waals surface area contributed by atoms with Crippen molar-refractivity contribution in [2.45, 2.75) is 32.1 Å². The Kier molecular flexibility index (Phi) is 2.82. The van der Waals surface area contributed by atoms with Gasteiger partial charge in [-0.2, -0.15) is 0 Å². The zero-order chi connectivity index (χ0) is 8.32. The third kappa shape index (κ3) is 2.73. The van der Waals surface area contributed by atoms with Gasteiger partial charge in [-0.1, -0.05) is 6.92 Å². The predicted octanol–water partition coefficient (Wildman–Crippen LogP) is 2.03. The van der Waals surface area contributed by atoms with E-state index in [-0.39, 0.29) is 18.8 Å². The lowest BCUT2D eigenvalue weighted by Crippen LogP contribution is -2.22. The minimum Gasteiger partial charge on any atom is -0.317 e. The van der Waals surface area contributed by atoms with Crippen molar-refractivity contribution in [1.29, 1.82) is 0 Å². The molecule has 1 fully saturated rings. The highest BCUT2D eigenvalue weighted by molar-refractivity contribution is 4.82. The monoisotopic (exact) mass is 163 g/mol. The Labute approximate surface area is 66.2 Å². The van der Waals surface area contributed by atoms with Gasteiger partial charge in [-0.05, 0) is 25.4 Å². The summed E-state index contributed by atoms with van der Waals surface area (Å²) in [4.78, 5) is 0. The van der Waals surface area contributed by atoms with Crippen LogP contribution in [0.25, 0.3) is 0 Å². The van der Waals surface area contributed by atoms with Crippen LogP contribution in [0, 0.1) is 5.92 Å². The summed E-state index contributed by atoms with van der Waals surface area (Å²) in [6.07, 6.45) is 0.850. The number of rotatable bonds is 3. The van der Waals surface area contributed by atoms with E-state index in [0.717, 1.165) is 13.1 Å². The molecule has 1 nitrogen and oxygen atoms in total. The molecule has 1 atom stereocenters. The zero-order valence-corrected chi connectivity index (χ0v) is 6.87. The topological polar surface area (TPSA) is 12.0 Å². The van der Waals surface area contributed by atoms with Crippen LogP contribution >= 0.6 is 0 Å². The average Bonchev–Trinajstić information content (AvgIpc) is 2.26. The fourth-order valence-corrected chi connectivity index (χ4v) is 1.56. The second kappa shape index (κ2) is 3.48. The Balaban J connectivity index is 2.20. The molecular formula is C8H15F2N. The Bertz CT molecular complexity index is 125. The molecule has 0 heterocycles. The first-order valence-electron chi connectivity index (χ1n) is 4.22. The molecule has 1 saturated carbocycles. The van der Waals surface area contributed by atoms with E-state index in [4.69, 9.17) is 0 Å². The first kappa shape index (κ1) is 8.91. The van der Waals surface area contributed by atoms with Crippen LogP contribution in [0.4, 0.5) is 8.78 Å². The molecule has 0 aromatic rings. The molecule has 0 amide bonds. The normalized spacial score (nSPS) is 29.2. The van der Waals surface area contributed by atoms with Gasteiger partial charge in [-0.25, -0.2) is 8.78 Å². The smallest absolute Gasteiger partial charge is 0.248 e. The first-order valence-corrected chi connectivity index (χ1v) is 4.22. The molecule has 1 unspecified atom stereocenters. The lowest BCUT2D eigenvalue weighted by Gasteiger charge is -2.10. The standard InChI is InChI=1S/C8H15F2N/c1-2-11-6-7-3-4-8(9,10)5-7/h7,11H,2-6H2,1H3. The van der Waals surface area contributed by atoms with E-state index in [1.807, 2.05) is 6.92 Å². The van der Waals surface area contributed by atoms with Crippen LogP contribution in [0.15, 0.2) is 0 Å². The molecule has 0 saturated heterocycles. The lowest BCUT2D eigenvalue weighted by atomic mass is 10.1. The fraction of sp³-hybridized carbons (Fsp3) is 1.00. The van der Waals surface area contributed by atoms with Gasteiger partial charge in [0.2, 0.25) is 5.92 Å². The number of hydrogen-bond acceptors (Lipinski definition) is 1. The third-order valence-electron chi connectivity index (χ3n) is 2.19. The van der Waals surface area contributed by atoms with Crippen molar-refractivity contribution in [3.8, 4) is 0 Å². The highest BCUT2D eigenvalue weighted by atomic mass is 19.3. The van der Waals surface area contributed by atoms with Crippen LogP contribution in [-0.2, 0) is 0 Å². The number of nitrogens with one attached hydrogen (secondary N) is 1. The van der Waals surface area contributed by atoms with E-state index in [2.05, 4.69) is 5.32 Å². The SMILES string of the molecule is CCNCC1CCC(F)(F)C1. The van der Waals surface area contributed by atoms with E-state index in [1.54, 1.807) is 0 Å². The van der Waals surface area contributed by atoms with Gasteiger partial charge < -0.3 is 5.32 Å². The van der Waals surface area contributed by atoms with Crippen LogP contribution in [-0.4, -0.2) is 19.0 Å². The van der Waals surface area contributed by atoms with Crippen molar-refractivity contribution in [3.05, 3.63) is 0 Å². The summed E-state index contributed by atoms with van der Waals surface area (Å²) < 4.78 is 25.2. The molecule has 0 aromatic carbocycles. The van der Waals surface area contributed by atoms with E-state index in [0.29, 0.717) is 6.42 Å². The van der Waals surface area contributed by atoms with Crippen molar-refractivity contribution < 1.29 is 8.78 Å². The Morgan fingerprint density at radius 2 is 2.27 bits per heavy atom. The molecule has 0 aromatic heterocycles. The highest BCUT2D eigenvalue weighted by Crippen LogP contribution is 2.38. The van der Waals surface area contributed by atoms with Crippen molar-refractivity contribution in [3.63, 3.8) is 0 Å². The van der Waals surface area contributed by atoms with Crippen molar-refractivity contribution in [1.82, 2.24) is 5.32 Å². The second-order valence-corrected chi connectivity index (χ2v) is 3.27. The van der Waals surface area contributed by atoms with E-state index in [1.165, 1.54) is 0 Å². The molecular weight excluding hydrogens is 148 g/mol. The van der Waals surface area contributed by atoms with Crippen LogP contribution in [0.1, 0.15) is 26.2 Å². The zero-order valence-electron chi connectivity index (χ0n) is 6.87. The van der Waals surface area contributed by atoms with Crippen molar-refractivity contribution in [2.24, 2.45) is 5.92 Å². The van der Waals surface area contributed by atoms with Gasteiger partial charge in [-0.3, -0.25) is 0 Å². The summed E-state index contributed by atoms with van der Waals surface area (Å²) in [5.74, 6) is -2.18. The Morgan fingerprint density at radius 3 is 2.73 bits per heavy atom. The maximum absolute atomic E-state index is 12.6. The highest BCUT2D eigenvalue weighted by Gasteiger charge is 2.38. The van der Waals surface area contributed by atoms with Crippen molar-refractivity contribution in [2.75, 3.05) is 13.1 Å². The third-order valence-corrected chi connectivity index (χ3v) is 2.19. The van der Waals surface area contributed by atoms with Crippen LogP contribution in [0.5, 0.6) is 0 Å². The van der Waals surface area contributed by atoms with Gasteiger partial charge in [0, 0.05) is 12.8 Å². The number of halogens is 2. The Morgan fingerprint density at radius 1 is 1.55 bits per heavy atom. The largest absolute Gasteiger partial charge is 0.317 e. The summed E-state index contributed by atoms with van der Waals surface area (Å²) in [6.45, 7) is 3.63. The molecule has 1 N–H and O–H groups in total. The summed E-state index contributed by atoms with van der Waals surface area (Å²) in [5, 5.41) is 3.09. The number of alkyl halides is 2. The maximum atomic E-state index is 12.6. The maximum Gasteiger partial charge on any atom is 0.248 e. The van der Waals surface area contributed by atoms with Gasteiger partial charge in [0.15, 0.2) is 0 Å².